The van der Waals surface area contributed by atoms with Gasteiger partial charge in [-0.1, -0.05) is 44.9 Å². The molecule has 0 radical (unpaired) electrons. The molecule has 0 aromatic carbocycles. The average Bonchev–Trinajstić information content (AvgIpc) is 2.18. The Morgan fingerprint density at radius 2 is 1.07 bits per heavy atom. The SMILES string of the molecule is O=[PH](O)N1CCCCCCCCCCC1. The summed E-state index contributed by atoms with van der Waals surface area (Å²) in [5.41, 5.74) is 0. The molecule has 4 heteroatoms. The van der Waals surface area contributed by atoms with E-state index in [-0.39, 0.29) is 0 Å². The summed E-state index contributed by atoms with van der Waals surface area (Å²) in [4.78, 5) is 9.15. The van der Waals surface area contributed by atoms with Gasteiger partial charge in [0.15, 0.2) is 0 Å². The van der Waals surface area contributed by atoms with Gasteiger partial charge in [-0.2, -0.15) is 0 Å². The third-order valence-corrected chi connectivity index (χ3v) is 4.11. The molecule has 0 saturated carbocycles. The van der Waals surface area contributed by atoms with E-state index in [9.17, 15) is 4.57 Å². The van der Waals surface area contributed by atoms with Crippen molar-refractivity contribution in [3.05, 3.63) is 0 Å². The van der Waals surface area contributed by atoms with Gasteiger partial charge in [-0.3, -0.25) is 4.57 Å². The maximum absolute atomic E-state index is 11.1. The van der Waals surface area contributed by atoms with Crippen molar-refractivity contribution in [1.82, 2.24) is 4.67 Å². The lowest BCUT2D eigenvalue weighted by atomic mass is 10.1. The molecule has 15 heavy (non-hydrogen) atoms. The standard InChI is InChI=1S/C11H24NO2P/c13-15(14)12-10-8-6-4-2-1-3-5-7-9-11-12/h15H,1-11H2,(H,13,14). The third-order valence-electron chi connectivity index (χ3n) is 3.13. The lowest BCUT2D eigenvalue weighted by Crippen LogP contribution is -2.18. The second kappa shape index (κ2) is 8.32. The molecule has 1 N–H and O–H groups in total. The summed E-state index contributed by atoms with van der Waals surface area (Å²) < 4.78 is 12.9. The lowest BCUT2D eigenvalue weighted by Gasteiger charge is -2.19. The fraction of sp³-hybridized carbons (Fsp3) is 1.00. The summed E-state index contributed by atoms with van der Waals surface area (Å²) in [6, 6.07) is 0. The predicted octanol–water partition coefficient (Wildman–Crippen LogP) is 3.19. The minimum absolute atomic E-state index is 0.814. The molecular formula is C11H24NO2P. The van der Waals surface area contributed by atoms with Crippen molar-refractivity contribution in [2.45, 2.75) is 57.8 Å². The fourth-order valence-electron chi connectivity index (χ4n) is 2.15. The predicted molar refractivity (Wildman–Crippen MR) is 64.3 cm³/mol. The zero-order valence-electron chi connectivity index (χ0n) is 9.58. The molecule has 0 bridgehead atoms. The van der Waals surface area contributed by atoms with E-state index in [1.165, 1.54) is 44.9 Å². The highest BCUT2D eigenvalue weighted by Gasteiger charge is 2.09. The largest absolute Gasteiger partial charge is 0.335 e. The molecule has 1 unspecified atom stereocenters. The second-order valence-electron chi connectivity index (χ2n) is 4.45. The Hall–Kier alpha value is 0.150. The van der Waals surface area contributed by atoms with Crippen LogP contribution >= 0.6 is 8.18 Å². The summed E-state index contributed by atoms with van der Waals surface area (Å²) in [6.07, 6.45) is 11.2. The van der Waals surface area contributed by atoms with Crippen molar-refractivity contribution < 1.29 is 9.46 Å². The van der Waals surface area contributed by atoms with Gasteiger partial charge >= 0.3 is 0 Å². The van der Waals surface area contributed by atoms with Crippen molar-refractivity contribution in [1.29, 1.82) is 0 Å². The number of nitrogens with zero attached hydrogens (tertiary/aromatic N) is 1. The van der Waals surface area contributed by atoms with Gasteiger partial charge in [0.1, 0.15) is 0 Å². The molecule has 90 valence electrons. The van der Waals surface area contributed by atoms with Crippen LogP contribution in [0.15, 0.2) is 0 Å². The van der Waals surface area contributed by atoms with Crippen molar-refractivity contribution in [2.75, 3.05) is 13.1 Å². The zero-order chi connectivity index (χ0) is 10.9. The van der Waals surface area contributed by atoms with Gasteiger partial charge in [0.2, 0.25) is 0 Å². The lowest BCUT2D eigenvalue weighted by molar-refractivity contribution is 0.346. The Bertz CT molecular complexity index is 175. The monoisotopic (exact) mass is 233 g/mol. The van der Waals surface area contributed by atoms with Gasteiger partial charge in [-0.25, -0.2) is 4.67 Å². The maximum Gasteiger partial charge on any atom is 0.258 e. The molecule has 0 amide bonds. The van der Waals surface area contributed by atoms with Crippen molar-refractivity contribution in [2.24, 2.45) is 0 Å². The van der Waals surface area contributed by atoms with Gasteiger partial charge in [-0.05, 0) is 12.8 Å². The van der Waals surface area contributed by atoms with E-state index in [0.29, 0.717) is 0 Å². The van der Waals surface area contributed by atoms with Gasteiger partial charge in [0.05, 0.1) is 0 Å². The summed E-state index contributed by atoms with van der Waals surface area (Å²) in [6.45, 7) is 1.63. The van der Waals surface area contributed by atoms with Crippen molar-refractivity contribution in [3.63, 3.8) is 0 Å². The minimum Gasteiger partial charge on any atom is -0.335 e. The van der Waals surface area contributed by atoms with Crippen molar-refractivity contribution >= 4 is 8.18 Å². The molecule has 1 fully saturated rings. The summed E-state index contributed by atoms with van der Waals surface area (Å²) in [5.74, 6) is 0. The molecule has 0 spiro atoms. The number of hydrogen-bond donors (Lipinski definition) is 1. The van der Waals surface area contributed by atoms with Crippen molar-refractivity contribution in [3.8, 4) is 0 Å². The molecule has 1 aliphatic heterocycles. The average molecular weight is 233 g/mol. The Labute approximate surface area is 93.8 Å². The van der Waals surface area contributed by atoms with Crippen LogP contribution in [0.2, 0.25) is 0 Å². The van der Waals surface area contributed by atoms with E-state index < -0.39 is 8.18 Å². The first-order valence-corrected chi connectivity index (χ1v) is 7.59. The van der Waals surface area contributed by atoms with Crippen LogP contribution < -0.4 is 0 Å². The van der Waals surface area contributed by atoms with Gasteiger partial charge < -0.3 is 4.89 Å². The molecule has 1 saturated heterocycles. The van der Waals surface area contributed by atoms with E-state index in [1.807, 2.05) is 0 Å². The molecule has 0 aromatic heterocycles. The molecular weight excluding hydrogens is 209 g/mol. The van der Waals surface area contributed by atoms with Crippen LogP contribution in [0.5, 0.6) is 0 Å². The van der Waals surface area contributed by atoms with Crippen LogP contribution in [0.25, 0.3) is 0 Å². The Morgan fingerprint density at radius 1 is 0.733 bits per heavy atom. The highest BCUT2D eigenvalue weighted by Crippen LogP contribution is 2.23. The minimum atomic E-state index is -2.44. The molecule has 1 aliphatic rings. The second-order valence-corrected chi connectivity index (χ2v) is 5.65. The highest BCUT2D eigenvalue weighted by molar-refractivity contribution is 7.35. The normalized spacial score (nSPS) is 25.1. The Kier molecular flexibility index (Phi) is 7.33. The van der Waals surface area contributed by atoms with E-state index in [2.05, 4.69) is 0 Å². The van der Waals surface area contributed by atoms with E-state index in [1.54, 1.807) is 4.67 Å². The topological polar surface area (TPSA) is 40.5 Å². The van der Waals surface area contributed by atoms with Crippen LogP contribution in [-0.2, 0) is 4.57 Å². The van der Waals surface area contributed by atoms with Crippen LogP contribution in [-0.4, -0.2) is 22.7 Å². The fourth-order valence-corrected chi connectivity index (χ4v) is 2.84. The van der Waals surface area contributed by atoms with Crippen LogP contribution in [0.1, 0.15) is 57.8 Å². The molecule has 1 atom stereocenters. The maximum atomic E-state index is 11.1. The third kappa shape index (κ3) is 6.34. The quantitative estimate of drug-likeness (QED) is 0.707. The molecule has 1 heterocycles. The first-order chi connectivity index (χ1) is 7.30. The molecule has 1 rings (SSSR count). The summed E-state index contributed by atoms with van der Waals surface area (Å²) >= 11 is 0. The summed E-state index contributed by atoms with van der Waals surface area (Å²) in [5, 5.41) is 0. The van der Waals surface area contributed by atoms with E-state index >= 15 is 0 Å². The molecule has 3 nitrogen and oxygen atoms in total. The van der Waals surface area contributed by atoms with Gasteiger partial charge in [0.25, 0.3) is 8.18 Å². The van der Waals surface area contributed by atoms with Gasteiger partial charge in [-0.15, -0.1) is 0 Å². The first kappa shape index (κ1) is 13.2. The molecule has 0 aromatic rings. The number of rotatable bonds is 1. The van der Waals surface area contributed by atoms with E-state index in [4.69, 9.17) is 4.89 Å². The Morgan fingerprint density at radius 3 is 1.40 bits per heavy atom. The highest BCUT2D eigenvalue weighted by atomic mass is 31.1. The van der Waals surface area contributed by atoms with Crippen LogP contribution in [0, 0.1) is 0 Å². The number of hydrogen-bond acceptors (Lipinski definition) is 1. The van der Waals surface area contributed by atoms with E-state index in [0.717, 1.165) is 25.9 Å². The van der Waals surface area contributed by atoms with Crippen LogP contribution in [0.4, 0.5) is 0 Å². The zero-order valence-corrected chi connectivity index (χ0v) is 10.6. The summed E-state index contributed by atoms with van der Waals surface area (Å²) in [7, 11) is -2.44. The first-order valence-electron chi connectivity index (χ1n) is 6.28. The van der Waals surface area contributed by atoms with Crippen LogP contribution in [0.3, 0.4) is 0 Å². The smallest absolute Gasteiger partial charge is 0.258 e. The Balaban J connectivity index is 2.28. The van der Waals surface area contributed by atoms with Gasteiger partial charge in [0, 0.05) is 13.1 Å². The molecule has 0 aliphatic carbocycles.